The molecule has 0 fully saturated rings. The van der Waals surface area contributed by atoms with Crippen molar-refractivity contribution >= 4 is 29.0 Å². The van der Waals surface area contributed by atoms with Gasteiger partial charge in [-0.15, -0.1) is 11.3 Å². The average Bonchev–Trinajstić information content (AvgIpc) is 3.33. The quantitative estimate of drug-likeness (QED) is 0.375. The van der Waals surface area contributed by atoms with Crippen LogP contribution < -0.4 is 5.32 Å². The average molecular weight is 486 g/mol. The molecule has 0 aliphatic rings. The van der Waals surface area contributed by atoms with Crippen LogP contribution in [0.15, 0.2) is 66.0 Å². The highest BCUT2D eigenvalue weighted by Gasteiger charge is 2.24. The number of thiophene rings is 1. The molecule has 1 atom stereocenters. The van der Waals surface area contributed by atoms with E-state index in [0.717, 1.165) is 22.9 Å². The maximum atomic E-state index is 14.1. The number of hydrogen-bond donors (Lipinski definition) is 1. The fourth-order valence-electron chi connectivity index (χ4n) is 3.40. The van der Waals surface area contributed by atoms with Crippen LogP contribution in [0, 0.1) is 17.6 Å². The Bertz CT molecular complexity index is 1080. The summed E-state index contributed by atoms with van der Waals surface area (Å²) in [6, 6.07) is 15.9. The van der Waals surface area contributed by atoms with Gasteiger partial charge in [0.15, 0.2) is 0 Å². The number of benzene rings is 2. The minimum atomic E-state index is -0.869. The number of nitrogens with one attached hydrogen (secondary N) is 1. The van der Waals surface area contributed by atoms with E-state index in [1.165, 1.54) is 11.0 Å². The SMILES string of the molecule is CCC(C)CN(CC(=O)N(Cc1ccccc1)Cc1cccs1)C(=O)Nc1ccc(F)cc1F. The molecule has 0 saturated heterocycles. The second-order valence-electron chi connectivity index (χ2n) is 8.26. The van der Waals surface area contributed by atoms with E-state index >= 15 is 0 Å². The van der Waals surface area contributed by atoms with Crippen molar-refractivity contribution in [2.24, 2.45) is 5.92 Å². The molecule has 3 aromatic rings. The molecule has 0 radical (unpaired) electrons. The molecule has 1 heterocycles. The Morgan fingerprint density at radius 1 is 1.00 bits per heavy atom. The molecule has 0 aliphatic heterocycles. The standard InChI is InChI=1S/C26H29F2N3O2S/c1-3-19(2)15-31(26(33)29-24-12-11-21(27)14-23(24)28)18-25(32)30(17-22-10-7-13-34-22)16-20-8-5-4-6-9-20/h4-14,19H,3,15-18H2,1-2H3,(H,29,33). The van der Waals surface area contributed by atoms with Crippen molar-refractivity contribution in [3.8, 4) is 0 Å². The minimum Gasteiger partial charge on any atom is -0.332 e. The third-order valence-corrected chi connectivity index (χ3v) is 6.37. The summed E-state index contributed by atoms with van der Waals surface area (Å²) in [5, 5.41) is 4.44. The summed E-state index contributed by atoms with van der Waals surface area (Å²) >= 11 is 1.56. The Morgan fingerprint density at radius 2 is 1.76 bits per heavy atom. The molecule has 180 valence electrons. The van der Waals surface area contributed by atoms with Gasteiger partial charge >= 0.3 is 6.03 Å². The zero-order valence-corrected chi connectivity index (χ0v) is 20.2. The zero-order chi connectivity index (χ0) is 24.5. The highest BCUT2D eigenvalue weighted by molar-refractivity contribution is 7.09. The first-order chi connectivity index (χ1) is 16.4. The summed E-state index contributed by atoms with van der Waals surface area (Å²) in [5.74, 6) is -1.68. The number of urea groups is 1. The third kappa shape index (κ3) is 7.38. The molecule has 1 N–H and O–H groups in total. The molecule has 1 unspecified atom stereocenters. The number of hydrogen-bond acceptors (Lipinski definition) is 3. The molecule has 34 heavy (non-hydrogen) atoms. The number of rotatable bonds is 10. The monoisotopic (exact) mass is 485 g/mol. The van der Waals surface area contributed by atoms with E-state index in [-0.39, 0.29) is 24.1 Å². The Kier molecular flexibility index (Phi) is 9.16. The van der Waals surface area contributed by atoms with Gasteiger partial charge in [-0.25, -0.2) is 13.6 Å². The lowest BCUT2D eigenvalue weighted by Crippen LogP contribution is -2.45. The number of carbonyl (C=O) groups is 2. The van der Waals surface area contributed by atoms with E-state index in [1.807, 2.05) is 61.7 Å². The Balaban J connectivity index is 1.78. The number of halogens is 2. The molecule has 3 rings (SSSR count). The van der Waals surface area contributed by atoms with Crippen LogP contribution >= 0.6 is 11.3 Å². The summed E-state index contributed by atoms with van der Waals surface area (Å²) < 4.78 is 27.3. The molecule has 5 nitrogen and oxygen atoms in total. The first kappa shape index (κ1) is 25.4. The Hall–Kier alpha value is -3.26. The van der Waals surface area contributed by atoms with E-state index in [4.69, 9.17) is 0 Å². The van der Waals surface area contributed by atoms with Gasteiger partial charge in [0.1, 0.15) is 18.2 Å². The predicted octanol–water partition coefficient (Wildman–Crippen LogP) is 6.14. The van der Waals surface area contributed by atoms with Gasteiger partial charge in [-0.05, 0) is 35.1 Å². The van der Waals surface area contributed by atoms with Gasteiger partial charge in [0.25, 0.3) is 0 Å². The van der Waals surface area contributed by atoms with Crippen molar-refractivity contribution in [1.82, 2.24) is 9.80 Å². The first-order valence-corrected chi connectivity index (χ1v) is 12.1. The van der Waals surface area contributed by atoms with Gasteiger partial charge in [-0.3, -0.25) is 4.79 Å². The highest BCUT2D eigenvalue weighted by atomic mass is 32.1. The number of carbonyl (C=O) groups excluding carboxylic acids is 2. The normalized spacial score (nSPS) is 11.6. The van der Waals surface area contributed by atoms with Crippen molar-refractivity contribution in [3.05, 3.63) is 88.1 Å². The topological polar surface area (TPSA) is 52.7 Å². The first-order valence-electron chi connectivity index (χ1n) is 11.2. The van der Waals surface area contributed by atoms with Crippen molar-refractivity contribution in [2.45, 2.75) is 33.4 Å². The summed E-state index contributed by atoms with van der Waals surface area (Å²) in [7, 11) is 0. The fraction of sp³-hybridized carbons (Fsp3) is 0.308. The number of amides is 3. The van der Waals surface area contributed by atoms with Crippen molar-refractivity contribution in [1.29, 1.82) is 0 Å². The van der Waals surface area contributed by atoms with Crippen molar-refractivity contribution in [2.75, 3.05) is 18.4 Å². The molecule has 0 bridgehead atoms. The van der Waals surface area contributed by atoms with E-state index in [2.05, 4.69) is 5.32 Å². The van der Waals surface area contributed by atoms with Crippen molar-refractivity contribution in [3.63, 3.8) is 0 Å². The van der Waals surface area contributed by atoms with Gasteiger partial charge < -0.3 is 15.1 Å². The van der Waals surface area contributed by atoms with Crippen molar-refractivity contribution < 1.29 is 18.4 Å². The van der Waals surface area contributed by atoms with Crippen LogP contribution in [0.5, 0.6) is 0 Å². The van der Waals surface area contributed by atoms with Crippen LogP contribution in [0.1, 0.15) is 30.7 Å². The Labute approximate surface area is 203 Å². The second kappa shape index (κ2) is 12.3. The fourth-order valence-corrected chi connectivity index (χ4v) is 4.12. The van der Waals surface area contributed by atoms with Crippen LogP contribution in [-0.2, 0) is 17.9 Å². The predicted molar refractivity (Wildman–Crippen MR) is 131 cm³/mol. The molecule has 0 aliphatic carbocycles. The van der Waals surface area contributed by atoms with Gasteiger partial charge in [0.2, 0.25) is 5.91 Å². The molecule has 3 amide bonds. The van der Waals surface area contributed by atoms with E-state index in [1.54, 1.807) is 16.2 Å². The van der Waals surface area contributed by atoms with Gasteiger partial charge in [0, 0.05) is 24.0 Å². The molecular formula is C26H29F2N3O2S. The minimum absolute atomic E-state index is 0.132. The van der Waals surface area contributed by atoms with Crippen LogP contribution in [0.25, 0.3) is 0 Å². The smallest absolute Gasteiger partial charge is 0.322 e. The number of nitrogens with zero attached hydrogens (tertiary/aromatic N) is 2. The maximum Gasteiger partial charge on any atom is 0.322 e. The summed E-state index contributed by atoms with van der Waals surface area (Å²) in [6.07, 6.45) is 0.811. The maximum absolute atomic E-state index is 14.1. The molecule has 0 spiro atoms. The zero-order valence-electron chi connectivity index (χ0n) is 19.3. The molecular weight excluding hydrogens is 456 g/mol. The van der Waals surface area contributed by atoms with Gasteiger partial charge in [0.05, 0.1) is 12.2 Å². The lowest BCUT2D eigenvalue weighted by Gasteiger charge is -2.29. The van der Waals surface area contributed by atoms with Gasteiger partial charge in [-0.1, -0.05) is 56.7 Å². The van der Waals surface area contributed by atoms with Gasteiger partial charge in [-0.2, -0.15) is 0 Å². The van der Waals surface area contributed by atoms with Crippen LogP contribution in [-0.4, -0.2) is 34.8 Å². The summed E-state index contributed by atoms with van der Waals surface area (Å²) in [4.78, 5) is 30.6. The second-order valence-corrected chi connectivity index (χ2v) is 9.30. The van der Waals surface area contributed by atoms with Crippen LogP contribution in [0.4, 0.5) is 19.3 Å². The molecule has 8 heteroatoms. The summed E-state index contributed by atoms with van der Waals surface area (Å²) in [5.41, 5.74) is 0.853. The highest BCUT2D eigenvalue weighted by Crippen LogP contribution is 2.18. The van der Waals surface area contributed by atoms with Crippen LogP contribution in [0.3, 0.4) is 0 Å². The molecule has 0 saturated carbocycles. The van der Waals surface area contributed by atoms with E-state index in [9.17, 15) is 18.4 Å². The lowest BCUT2D eigenvalue weighted by atomic mass is 10.1. The van der Waals surface area contributed by atoms with E-state index in [0.29, 0.717) is 25.7 Å². The molecule has 1 aromatic heterocycles. The lowest BCUT2D eigenvalue weighted by molar-refractivity contribution is -0.133. The van der Waals surface area contributed by atoms with Crippen LogP contribution in [0.2, 0.25) is 0 Å². The van der Waals surface area contributed by atoms with E-state index < -0.39 is 17.7 Å². The summed E-state index contributed by atoms with van der Waals surface area (Å²) in [6.45, 7) is 4.99. The number of anilines is 1. The third-order valence-electron chi connectivity index (χ3n) is 5.51. The Morgan fingerprint density at radius 3 is 2.41 bits per heavy atom. The molecule has 2 aromatic carbocycles. The largest absolute Gasteiger partial charge is 0.332 e.